The Labute approximate surface area is 152 Å². The summed E-state index contributed by atoms with van der Waals surface area (Å²) in [6, 6.07) is 20.7. The van der Waals surface area contributed by atoms with E-state index in [0.29, 0.717) is 0 Å². The summed E-state index contributed by atoms with van der Waals surface area (Å²) in [5.74, 6) is 0.156. The molecule has 1 heteroatoms. The predicted octanol–water partition coefficient (Wildman–Crippen LogP) is 5.96. The zero-order valence-electron chi connectivity index (χ0n) is 15.4. The van der Waals surface area contributed by atoms with Gasteiger partial charge in [-0.1, -0.05) is 72.3 Å². The van der Waals surface area contributed by atoms with Crippen molar-refractivity contribution in [1.82, 2.24) is 0 Å². The van der Waals surface area contributed by atoms with Gasteiger partial charge in [-0.25, -0.2) is 0 Å². The Balaban J connectivity index is 1.95. The molecule has 25 heavy (non-hydrogen) atoms. The van der Waals surface area contributed by atoms with E-state index in [-0.39, 0.29) is 5.78 Å². The highest BCUT2D eigenvalue weighted by atomic mass is 16.1. The van der Waals surface area contributed by atoms with E-state index in [9.17, 15) is 4.79 Å². The predicted molar refractivity (Wildman–Crippen MR) is 107 cm³/mol. The van der Waals surface area contributed by atoms with Gasteiger partial charge in [-0.05, 0) is 56.7 Å². The van der Waals surface area contributed by atoms with Gasteiger partial charge in [0, 0.05) is 5.41 Å². The fourth-order valence-corrected chi connectivity index (χ4v) is 2.82. The Bertz CT molecular complexity index is 712. The number of rotatable bonds is 9. The van der Waals surface area contributed by atoms with Gasteiger partial charge in [-0.15, -0.1) is 6.58 Å². The number of aryl methyl sites for hydroxylation is 2. The zero-order valence-corrected chi connectivity index (χ0v) is 15.4. The van der Waals surface area contributed by atoms with Crippen LogP contribution in [0.4, 0.5) is 0 Å². The third-order valence-corrected chi connectivity index (χ3v) is 4.82. The van der Waals surface area contributed by atoms with Crippen LogP contribution in [-0.4, -0.2) is 5.78 Å². The van der Waals surface area contributed by atoms with Crippen LogP contribution in [-0.2, 0) is 17.6 Å². The zero-order chi connectivity index (χ0) is 18.1. The minimum Gasteiger partial charge on any atom is -0.294 e. The summed E-state index contributed by atoms with van der Waals surface area (Å²) in [5, 5.41) is 0. The van der Waals surface area contributed by atoms with Crippen LogP contribution in [0.15, 0.2) is 85.0 Å². The molecule has 0 bridgehead atoms. The molecule has 0 saturated carbocycles. The topological polar surface area (TPSA) is 17.1 Å². The first-order chi connectivity index (χ1) is 12.0. The molecule has 0 heterocycles. The van der Waals surface area contributed by atoms with Crippen LogP contribution in [0.5, 0.6) is 0 Å². The van der Waals surface area contributed by atoms with Gasteiger partial charge in [-0.2, -0.15) is 0 Å². The van der Waals surface area contributed by atoms with Crippen molar-refractivity contribution in [3.63, 3.8) is 0 Å². The van der Waals surface area contributed by atoms with Gasteiger partial charge >= 0.3 is 0 Å². The third-order valence-electron chi connectivity index (χ3n) is 4.82. The molecule has 0 aliphatic rings. The van der Waals surface area contributed by atoms with Gasteiger partial charge in [0.15, 0.2) is 5.78 Å². The number of allylic oxidation sites excluding steroid dienone is 3. The molecule has 0 radical (unpaired) electrons. The maximum atomic E-state index is 12.8. The molecule has 130 valence electrons. The summed E-state index contributed by atoms with van der Waals surface area (Å²) >= 11 is 0. The van der Waals surface area contributed by atoms with Crippen LogP contribution < -0.4 is 0 Å². The molecule has 0 N–H and O–H groups in total. The van der Waals surface area contributed by atoms with Crippen LogP contribution in [0.3, 0.4) is 0 Å². The van der Waals surface area contributed by atoms with Crippen molar-refractivity contribution in [3.05, 3.63) is 96.1 Å². The summed E-state index contributed by atoms with van der Waals surface area (Å²) in [6.45, 7) is 7.95. The Hall–Kier alpha value is -2.41. The van der Waals surface area contributed by atoms with Crippen LogP contribution >= 0.6 is 0 Å². The Morgan fingerprint density at radius 1 is 0.960 bits per heavy atom. The fourth-order valence-electron chi connectivity index (χ4n) is 2.82. The van der Waals surface area contributed by atoms with Crippen molar-refractivity contribution < 1.29 is 4.79 Å². The minimum atomic E-state index is -0.510. The van der Waals surface area contributed by atoms with E-state index in [1.54, 1.807) is 6.08 Å². The molecular formula is C24H28O. The molecule has 0 aliphatic carbocycles. The van der Waals surface area contributed by atoms with E-state index in [0.717, 1.165) is 31.3 Å². The van der Waals surface area contributed by atoms with Crippen molar-refractivity contribution in [2.75, 3.05) is 0 Å². The van der Waals surface area contributed by atoms with E-state index in [1.165, 1.54) is 11.1 Å². The van der Waals surface area contributed by atoms with E-state index in [2.05, 4.69) is 43.0 Å². The fraction of sp³-hybridized carbons (Fsp3) is 0.292. The van der Waals surface area contributed by atoms with Crippen molar-refractivity contribution in [3.8, 4) is 0 Å². The normalized spacial score (nSPS) is 13.9. The number of hydrogen-bond acceptors (Lipinski definition) is 1. The number of hydrogen-bond donors (Lipinski definition) is 0. The standard InChI is InChI=1S/C24H28O/c1-4-24(3,18-17-22-13-9-6-10-14-22)23(25)19-20(2)15-16-21-11-7-5-8-12-21/h4-14,19H,1,15-18H2,2-3H3/b20-19+. The van der Waals surface area contributed by atoms with Crippen molar-refractivity contribution in [1.29, 1.82) is 0 Å². The quantitative estimate of drug-likeness (QED) is 0.409. The lowest BCUT2D eigenvalue weighted by molar-refractivity contribution is -0.121. The monoisotopic (exact) mass is 332 g/mol. The van der Waals surface area contributed by atoms with E-state index < -0.39 is 5.41 Å². The van der Waals surface area contributed by atoms with Gasteiger partial charge in [-0.3, -0.25) is 4.79 Å². The van der Waals surface area contributed by atoms with Gasteiger partial charge in [0.25, 0.3) is 0 Å². The summed E-state index contributed by atoms with van der Waals surface area (Å²) in [4.78, 5) is 12.8. The maximum Gasteiger partial charge on any atom is 0.165 e. The molecule has 1 atom stereocenters. The second-order valence-electron chi connectivity index (χ2n) is 6.95. The van der Waals surface area contributed by atoms with E-state index in [4.69, 9.17) is 0 Å². The van der Waals surface area contributed by atoms with Gasteiger partial charge in [0.1, 0.15) is 0 Å². The highest BCUT2D eigenvalue weighted by Crippen LogP contribution is 2.28. The Morgan fingerprint density at radius 3 is 2.00 bits per heavy atom. The molecule has 1 nitrogen and oxygen atoms in total. The third kappa shape index (κ3) is 5.86. The van der Waals surface area contributed by atoms with Crippen LogP contribution in [0.1, 0.15) is 37.8 Å². The van der Waals surface area contributed by atoms with E-state index in [1.807, 2.05) is 44.2 Å². The lowest BCUT2D eigenvalue weighted by Gasteiger charge is -2.23. The molecule has 2 aromatic carbocycles. The maximum absolute atomic E-state index is 12.8. The molecule has 0 saturated heterocycles. The highest BCUT2D eigenvalue weighted by molar-refractivity contribution is 5.96. The summed E-state index contributed by atoms with van der Waals surface area (Å²) in [7, 11) is 0. The van der Waals surface area contributed by atoms with Crippen molar-refractivity contribution >= 4 is 5.78 Å². The van der Waals surface area contributed by atoms with Crippen LogP contribution in [0.2, 0.25) is 0 Å². The SMILES string of the molecule is C=CC(C)(CCc1ccccc1)C(=O)/C=C(\C)CCc1ccccc1. The molecule has 0 spiro atoms. The largest absolute Gasteiger partial charge is 0.294 e. The van der Waals surface area contributed by atoms with Crippen molar-refractivity contribution in [2.45, 2.75) is 39.5 Å². The summed E-state index contributed by atoms with van der Waals surface area (Å²) < 4.78 is 0. The van der Waals surface area contributed by atoms with Crippen LogP contribution in [0, 0.1) is 5.41 Å². The molecular weight excluding hydrogens is 304 g/mol. The molecule has 0 aromatic heterocycles. The summed E-state index contributed by atoms with van der Waals surface area (Å²) in [5.41, 5.74) is 3.18. The average molecular weight is 332 g/mol. The number of benzene rings is 2. The number of carbonyl (C=O) groups excluding carboxylic acids is 1. The lowest BCUT2D eigenvalue weighted by Crippen LogP contribution is -2.24. The minimum absolute atomic E-state index is 0.156. The average Bonchev–Trinajstić information content (AvgIpc) is 2.66. The highest BCUT2D eigenvalue weighted by Gasteiger charge is 2.27. The number of ketones is 1. The first-order valence-electron chi connectivity index (χ1n) is 8.96. The second-order valence-corrected chi connectivity index (χ2v) is 6.95. The molecule has 1 unspecified atom stereocenters. The second kappa shape index (κ2) is 9.17. The first kappa shape index (κ1) is 18.9. The van der Waals surface area contributed by atoms with Crippen molar-refractivity contribution in [2.24, 2.45) is 5.41 Å². The van der Waals surface area contributed by atoms with Gasteiger partial charge < -0.3 is 0 Å². The lowest BCUT2D eigenvalue weighted by atomic mass is 9.79. The molecule has 0 fully saturated rings. The first-order valence-corrected chi connectivity index (χ1v) is 8.96. The Morgan fingerprint density at radius 2 is 1.48 bits per heavy atom. The van der Waals surface area contributed by atoms with Gasteiger partial charge in [0.2, 0.25) is 0 Å². The smallest absolute Gasteiger partial charge is 0.165 e. The van der Waals surface area contributed by atoms with E-state index >= 15 is 0 Å². The molecule has 0 amide bonds. The van der Waals surface area contributed by atoms with Crippen LogP contribution in [0.25, 0.3) is 0 Å². The molecule has 2 rings (SSSR count). The Kier molecular flexibility index (Phi) is 6.94. The summed E-state index contributed by atoms with van der Waals surface area (Å²) in [6.07, 6.45) is 7.15. The number of carbonyl (C=O) groups is 1. The van der Waals surface area contributed by atoms with Gasteiger partial charge in [0.05, 0.1) is 0 Å². The molecule has 2 aromatic rings. The molecule has 0 aliphatic heterocycles.